The highest BCUT2D eigenvalue weighted by Crippen LogP contribution is 2.27. The van der Waals surface area contributed by atoms with Crippen molar-refractivity contribution in [2.75, 3.05) is 7.11 Å². The molecule has 0 spiro atoms. The predicted molar refractivity (Wildman–Crippen MR) is 64.1 cm³/mol. The smallest absolute Gasteiger partial charge is 0.124 e. The van der Waals surface area contributed by atoms with Gasteiger partial charge in [-0.1, -0.05) is 0 Å². The minimum Gasteiger partial charge on any atom is -0.372 e. The first kappa shape index (κ1) is 12.6. The van der Waals surface area contributed by atoms with E-state index in [1.54, 1.807) is 18.4 Å². The molecule has 4 heteroatoms. The maximum absolute atomic E-state index is 5.95. The molecule has 1 aromatic rings. The molecule has 1 rings (SSSR count). The van der Waals surface area contributed by atoms with Crippen molar-refractivity contribution in [3.63, 3.8) is 0 Å². The van der Waals surface area contributed by atoms with Crippen molar-refractivity contribution in [3.05, 3.63) is 16.1 Å². The summed E-state index contributed by atoms with van der Waals surface area (Å²) >= 11 is 1.63. The van der Waals surface area contributed by atoms with Crippen LogP contribution in [0.1, 0.15) is 38.4 Å². The molecule has 0 aliphatic rings. The van der Waals surface area contributed by atoms with Gasteiger partial charge in [-0.05, 0) is 27.7 Å². The van der Waals surface area contributed by atoms with Gasteiger partial charge in [-0.15, -0.1) is 11.3 Å². The fraction of sp³-hybridized carbons (Fsp3) is 0.727. The van der Waals surface area contributed by atoms with Gasteiger partial charge >= 0.3 is 0 Å². The molecule has 0 unspecified atom stereocenters. The Morgan fingerprint density at radius 3 is 2.47 bits per heavy atom. The zero-order valence-corrected chi connectivity index (χ0v) is 10.9. The summed E-state index contributed by atoms with van der Waals surface area (Å²) in [6.07, 6.45) is 0.795. The van der Waals surface area contributed by atoms with Gasteiger partial charge in [0.05, 0.1) is 5.69 Å². The average Bonchev–Trinajstić information content (AvgIpc) is 2.50. The number of ether oxygens (including phenoxy) is 1. The Balaban J connectivity index is 2.81. The van der Waals surface area contributed by atoms with E-state index in [1.807, 2.05) is 27.7 Å². The van der Waals surface area contributed by atoms with Crippen molar-refractivity contribution >= 4 is 11.3 Å². The van der Waals surface area contributed by atoms with Crippen LogP contribution in [0.4, 0.5) is 0 Å². The van der Waals surface area contributed by atoms with Crippen LogP contribution in [0, 0.1) is 0 Å². The van der Waals surface area contributed by atoms with Crippen LogP contribution in [0.5, 0.6) is 0 Å². The monoisotopic (exact) mass is 228 g/mol. The molecule has 0 saturated heterocycles. The van der Waals surface area contributed by atoms with Crippen molar-refractivity contribution < 1.29 is 4.74 Å². The molecule has 0 aliphatic heterocycles. The molecule has 86 valence electrons. The van der Waals surface area contributed by atoms with Gasteiger partial charge < -0.3 is 10.5 Å². The lowest BCUT2D eigenvalue weighted by Gasteiger charge is -2.20. The first-order chi connectivity index (χ1) is 6.74. The zero-order chi connectivity index (χ0) is 11.7. The van der Waals surface area contributed by atoms with Gasteiger partial charge in [-0.3, -0.25) is 0 Å². The Bertz CT molecular complexity index is 326. The third-order valence-corrected chi connectivity index (χ3v) is 3.41. The van der Waals surface area contributed by atoms with Crippen molar-refractivity contribution in [1.29, 1.82) is 0 Å². The zero-order valence-electron chi connectivity index (χ0n) is 10.1. The lowest BCUT2D eigenvalue weighted by Crippen LogP contribution is -2.34. The summed E-state index contributed by atoms with van der Waals surface area (Å²) in [5, 5.41) is 3.06. The minimum absolute atomic E-state index is 0.206. The standard InChI is InChI=1S/C11H20N2OS/c1-10(2,12)6-8-7-15-9(13-8)11(3,4)14-5/h7H,6,12H2,1-5H3. The SMILES string of the molecule is COC(C)(C)c1nc(CC(C)(C)N)cs1. The Morgan fingerprint density at radius 2 is 2.00 bits per heavy atom. The van der Waals surface area contributed by atoms with Crippen LogP contribution < -0.4 is 5.73 Å². The largest absolute Gasteiger partial charge is 0.372 e. The number of aromatic nitrogens is 1. The van der Waals surface area contributed by atoms with Crippen molar-refractivity contribution in [2.45, 2.75) is 45.3 Å². The van der Waals surface area contributed by atoms with E-state index >= 15 is 0 Å². The van der Waals surface area contributed by atoms with Crippen molar-refractivity contribution in [3.8, 4) is 0 Å². The van der Waals surface area contributed by atoms with E-state index in [4.69, 9.17) is 10.5 Å². The molecule has 0 fully saturated rings. The third kappa shape index (κ3) is 3.55. The number of methoxy groups -OCH3 is 1. The Morgan fingerprint density at radius 1 is 1.40 bits per heavy atom. The van der Waals surface area contributed by atoms with Gasteiger partial charge in [0.25, 0.3) is 0 Å². The molecule has 15 heavy (non-hydrogen) atoms. The number of thiazole rings is 1. The molecular weight excluding hydrogens is 208 g/mol. The van der Waals surface area contributed by atoms with E-state index in [0.29, 0.717) is 0 Å². The number of rotatable bonds is 4. The van der Waals surface area contributed by atoms with Crippen LogP contribution in [0.25, 0.3) is 0 Å². The topological polar surface area (TPSA) is 48.1 Å². The molecule has 0 aromatic carbocycles. The van der Waals surface area contributed by atoms with E-state index in [0.717, 1.165) is 17.1 Å². The average molecular weight is 228 g/mol. The summed E-state index contributed by atoms with van der Waals surface area (Å²) in [5.74, 6) is 0. The summed E-state index contributed by atoms with van der Waals surface area (Å²) in [4.78, 5) is 4.55. The molecule has 0 radical (unpaired) electrons. The highest BCUT2D eigenvalue weighted by Gasteiger charge is 2.24. The molecule has 1 heterocycles. The highest BCUT2D eigenvalue weighted by molar-refractivity contribution is 7.09. The van der Waals surface area contributed by atoms with Crippen LogP contribution in [0.15, 0.2) is 5.38 Å². The molecule has 0 atom stereocenters. The second-order valence-electron chi connectivity index (χ2n) is 5.02. The van der Waals surface area contributed by atoms with Gasteiger partial charge in [0.15, 0.2) is 0 Å². The summed E-state index contributed by atoms with van der Waals surface area (Å²) in [7, 11) is 1.70. The van der Waals surface area contributed by atoms with Crippen LogP contribution in [0.3, 0.4) is 0 Å². The second kappa shape index (κ2) is 4.20. The Hall–Kier alpha value is -0.450. The number of hydrogen-bond acceptors (Lipinski definition) is 4. The maximum atomic E-state index is 5.95. The molecule has 0 saturated carbocycles. The molecule has 2 N–H and O–H groups in total. The van der Waals surface area contributed by atoms with E-state index < -0.39 is 0 Å². The van der Waals surface area contributed by atoms with Crippen LogP contribution >= 0.6 is 11.3 Å². The van der Waals surface area contributed by atoms with E-state index in [9.17, 15) is 0 Å². The van der Waals surface area contributed by atoms with Crippen molar-refractivity contribution in [2.24, 2.45) is 5.73 Å². The summed E-state index contributed by atoms with van der Waals surface area (Å²) in [6, 6.07) is 0. The normalized spacial score (nSPS) is 13.2. The summed E-state index contributed by atoms with van der Waals surface area (Å²) in [5.41, 5.74) is 6.49. The van der Waals surface area contributed by atoms with Gasteiger partial charge in [-0.25, -0.2) is 4.98 Å². The molecular formula is C11H20N2OS. The quantitative estimate of drug-likeness (QED) is 0.860. The molecule has 0 amide bonds. The Kier molecular flexibility index (Phi) is 3.53. The third-order valence-electron chi connectivity index (χ3n) is 2.21. The second-order valence-corrected chi connectivity index (χ2v) is 5.88. The van der Waals surface area contributed by atoms with Crippen molar-refractivity contribution in [1.82, 2.24) is 4.98 Å². The van der Waals surface area contributed by atoms with E-state index in [2.05, 4.69) is 10.4 Å². The number of hydrogen-bond donors (Lipinski definition) is 1. The maximum Gasteiger partial charge on any atom is 0.124 e. The minimum atomic E-state index is -0.304. The van der Waals surface area contributed by atoms with E-state index in [1.165, 1.54) is 0 Å². The summed E-state index contributed by atoms with van der Waals surface area (Å²) in [6.45, 7) is 8.05. The van der Waals surface area contributed by atoms with Gasteiger partial charge in [-0.2, -0.15) is 0 Å². The fourth-order valence-corrected chi connectivity index (χ4v) is 2.14. The molecule has 3 nitrogen and oxygen atoms in total. The number of nitrogens with zero attached hydrogens (tertiary/aromatic N) is 1. The Labute approximate surface area is 95.7 Å². The van der Waals surface area contributed by atoms with E-state index in [-0.39, 0.29) is 11.1 Å². The highest BCUT2D eigenvalue weighted by atomic mass is 32.1. The lowest BCUT2D eigenvalue weighted by molar-refractivity contribution is 0.0189. The first-order valence-corrected chi connectivity index (χ1v) is 5.91. The van der Waals surface area contributed by atoms with Gasteiger partial charge in [0.1, 0.15) is 10.6 Å². The van der Waals surface area contributed by atoms with Crippen LogP contribution in [-0.4, -0.2) is 17.6 Å². The summed E-state index contributed by atoms with van der Waals surface area (Å²) < 4.78 is 5.38. The lowest BCUT2D eigenvalue weighted by atomic mass is 10.0. The predicted octanol–water partition coefficient (Wildman–Crippen LogP) is 2.30. The fourth-order valence-electron chi connectivity index (χ4n) is 1.22. The molecule has 1 aromatic heterocycles. The van der Waals surface area contributed by atoms with Crippen LogP contribution in [0.2, 0.25) is 0 Å². The van der Waals surface area contributed by atoms with Crippen LogP contribution in [-0.2, 0) is 16.8 Å². The number of nitrogens with two attached hydrogens (primary N) is 1. The molecule has 0 aliphatic carbocycles. The van der Waals surface area contributed by atoms with Gasteiger partial charge in [0.2, 0.25) is 0 Å². The first-order valence-electron chi connectivity index (χ1n) is 5.03. The molecule has 0 bridgehead atoms. The van der Waals surface area contributed by atoms with Gasteiger partial charge in [0, 0.05) is 24.4 Å².